The highest BCUT2D eigenvalue weighted by atomic mass is 16.8. The normalized spacial score (nSPS) is 15.6. The molecule has 0 spiro atoms. The fourth-order valence-corrected chi connectivity index (χ4v) is 2.40. The van der Waals surface area contributed by atoms with Crippen LogP contribution >= 0.6 is 0 Å². The number of carbonyl (C=O) groups is 1. The third-order valence-corrected chi connectivity index (χ3v) is 3.57. The van der Waals surface area contributed by atoms with Gasteiger partial charge < -0.3 is 14.5 Å². The largest absolute Gasteiger partial charge is 0.466 e. The van der Waals surface area contributed by atoms with Crippen molar-refractivity contribution in [2.75, 3.05) is 31.7 Å². The maximum atomic E-state index is 11.7. The first-order valence-corrected chi connectivity index (χ1v) is 7.04. The molecule has 21 heavy (non-hydrogen) atoms. The van der Waals surface area contributed by atoms with Gasteiger partial charge in [0.1, 0.15) is 7.11 Å². The number of aromatic nitrogens is 1. The zero-order chi connectivity index (χ0) is 15.2. The van der Waals surface area contributed by atoms with Gasteiger partial charge in [0.25, 0.3) is 0 Å². The highest BCUT2D eigenvalue weighted by Crippen LogP contribution is 2.24. The summed E-state index contributed by atoms with van der Waals surface area (Å²) in [6.07, 6.45) is 3.18. The lowest BCUT2D eigenvalue weighted by atomic mass is 9.97. The first-order valence-electron chi connectivity index (χ1n) is 7.04. The summed E-state index contributed by atoms with van der Waals surface area (Å²) in [5, 5.41) is 0. The van der Waals surface area contributed by atoms with Crippen molar-refractivity contribution in [3.05, 3.63) is 23.2 Å². The second-order valence-corrected chi connectivity index (χ2v) is 4.83. The van der Waals surface area contributed by atoms with Crippen molar-refractivity contribution in [2.24, 2.45) is 5.92 Å². The molecule has 1 aliphatic heterocycles. The van der Waals surface area contributed by atoms with Crippen LogP contribution in [0, 0.1) is 10.8 Å². The highest BCUT2D eigenvalue weighted by Gasteiger charge is 2.27. The summed E-state index contributed by atoms with van der Waals surface area (Å²) in [6.45, 7) is 3.79. The van der Waals surface area contributed by atoms with Crippen LogP contribution in [0.1, 0.15) is 19.8 Å². The van der Waals surface area contributed by atoms with Gasteiger partial charge in [0, 0.05) is 19.2 Å². The summed E-state index contributed by atoms with van der Waals surface area (Å²) in [4.78, 5) is 34.0. The van der Waals surface area contributed by atoms with E-state index in [1.165, 1.54) is 7.11 Å². The smallest absolute Gasteiger partial charge is 0.408 e. The van der Waals surface area contributed by atoms with E-state index in [9.17, 15) is 9.70 Å². The Labute approximate surface area is 123 Å². The van der Waals surface area contributed by atoms with Crippen molar-refractivity contribution in [3.63, 3.8) is 0 Å². The number of nitrogens with zero attached hydrogens (tertiary/aromatic N) is 3. The Hall–Kier alpha value is -2.18. The predicted molar refractivity (Wildman–Crippen MR) is 76.1 cm³/mol. The molecule has 0 atom stereocenters. The number of ether oxygens (including phenoxy) is 1. The molecular weight excluding hydrogens is 274 g/mol. The van der Waals surface area contributed by atoms with E-state index in [0.29, 0.717) is 11.5 Å². The summed E-state index contributed by atoms with van der Waals surface area (Å²) in [5.74, 6) is 0.0921. The third-order valence-electron chi connectivity index (χ3n) is 3.57. The molecule has 1 aromatic heterocycles. The lowest BCUT2D eigenvalue weighted by molar-refractivity contribution is -0.739. The lowest BCUT2D eigenvalue weighted by Crippen LogP contribution is -2.37. The molecule has 1 aliphatic rings. The summed E-state index contributed by atoms with van der Waals surface area (Å²) >= 11 is 0. The molecule has 0 aromatic carbocycles. The van der Waals surface area contributed by atoms with Crippen LogP contribution in [-0.2, 0) is 14.4 Å². The van der Waals surface area contributed by atoms with Crippen LogP contribution in [0.4, 0.5) is 11.5 Å². The quantitative estimate of drug-likeness (QED) is 0.609. The average molecular weight is 294 g/mol. The molecule has 0 radical (unpaired) electrons. The molecule has 0 N–H and O–H groups in total. The number of rotatable bonds is 5. The van der Waals surface area contributed by atoms with Crippen molar-refractivity contribution >= 4 is 17.5 Å². The molecule has 114 valence electrons. The van der Waals surface area contributed by atoms with Crippen LogP contribution in [0.2, 0.25) is 0 Å². The molecule has 0 bridgehead atoms. The number of carbonyl (C=O) groups excluding carboxylic acids is 1. The Kier molecular flexibility index (Phi) is 5.08. The third kappa shape index (κ3) is 3.68. The first-order chi connectivity index (χ1) is 10.2. The van der Waals surface area contributed by atoms with E-state index in [2.05, 4.69) is 14.7 Å². The molecular formula is C14H20N3O4+. The van der Waals surface area contributed by atoms with Crippen LogP contribution in [0.5, 0.6) is 0 Å². The van der Waals surface area contributed by atoms with Crippen LogP contribution in [0.3, 0.4) is 0 Å². The van der Waals surface area contributed by atoms with Crippen LogP contribution in [0.15, 0.2) is 18.3 Å². The zero-order valence-corrected chi connectivity index (χ0v) is 12.3. The number of hydrogen-bond donors (Lipinski definition) is 0. The standard InChI is InChI=1S/C14H20N3O4/c1-3-21-14(18)11-6-8-16(9-7-11)12-4-5-13(15-10-12)17(19)20-2/h4-5,10-11H,3,6-9H2,1-2H3/q+1. The van der Waals surface area contributed by atoms with Gasteiger partial charge in [-0.2, -0.15) is 0 Å². The minimum absolute atomic E-state index is 0.0148. The van der Waals surface area contributed by atoms with Gasteiger partial charge in [-0.15, -0.1) is 0 Å². The Bertz CT molecular complexity index is 495. The Morgan fingerprint density at radius 2 is 2.14 bits per heavy atom. The lowest BCUT2D eigenvalue weighted by Gasteiger charge is -2.31. The van der Waals surface area contributed by atoms with Gasteiger partial charge in [0.2, 0.25) is 0 Å². The summed E-state index contributed by atoms with van der Waals surface area (Å²) in [7, 11) is 1.29. The van der Waals surface area contributed by atoms with Gasteiger partial charge in [0.15, 0.2) is 11.1 Å². The van der Waals surface area contributed by atoms with Gasteiger partial charge in [-0.1, -0.05) is 0 Å². The molecule has 0 unspecified atom stereocenters. The molecule has 7 nitrogen and oxygen atoms in total. The molecule has 1 saturated heterocycles. The van der Waals surface area contributed by atoms with Crippen LogP contribution in [-0.4, -0.2) is 42.7 Å². The topological polar surface area (TPSA) is 71.7 Å². The highest BCUT2D eigenvalue weighted by molar-refractivity contribution is 5.72. The molecule has 0 saturated carbocycles. The molecule has 2 heterocycles. The number of esters is 1. The van der Waals surface area contributed by atoms with E-state index in [-0.39, 0.29) is 17.7 Å². The maximum Gasteiger partial charge on any atom is 0.408 e. The van der Waals surface area contributed by atoms with E-state index in [1.54, 1.807) is 12.3 Å². The fraction of sp³-hybridized carbons (Fsp3) is 0.571. The second-order valence-electron chi connectivity index (χ2n) is 4.83. The Balaban J connectivity index is 1.93. The van der Waals surface area contributed by atoms with Crippen molar-refractivity contribution in [2.45, 2.75) is 19.8 Å². The van der Waals surface area contributed by atoms with Gasteiger partial charge in [-0.05, 0) is 35.7 Å². The monoisotopic (exact) mass is 294 g/mol. The van der Waals surface area contributed by atoms with Crippen LogP contribution in [0.25, 0.3) is 0 Å². The minimum atomic E-state index is -0.104. The van der Waals surface area contributed by atoms with Gasteiger partial charge in [0.05, 0.1) is 18.2 Å². The van der Waals surface area contributed by atoms with Crippen LogP contribution < -0.4 is 4.90 Å². The molecule has 1 aromatic rings. The molecule has 2 rings (SSSR count). The number of anilines is 1. The molecule has 1 fully saturated rings. The SMILES string of the molecule is CCOC(=O)C1CCN(c2ccc([N+](=O)OC)nc2)CC1. The fourth-order valence-electron chi connectivity index (χ4n) is 2.40. The summed E-state index contributed by atoms with van der Waals surface area (Å²) in [5.41, 5.74) is 0.936. The van der Waals surface area contributed by atoms with Gasteiger partial charge >= 0.3 is 11.8 Å². The number of hydrogen-bond acceptors (Lipinski definition) is 6. The number of piperidine rings is 1. The minimum Gasteiger partial charge on any atom is -0.466 e. The average Bonchev–Trinajstić information content (AvgIpc) is 2.54. The van der Waals surface area contributed by atoms with E-state index in [4.69, 9.17) is 4.74 Å². The number of pyridine rings is 1. The van der Waals surface area contributed by atoms with E-state index >= 15 is 0 Å². The van der Waals surface area contributed by atoms with E-state index in [0.717, 1.165) is 31.6 Å². The van der Waals surface area contributed by atoms with Gasteiger partial charge in [-0.3, -0.25) is 4.79 Å². The Morgan fingerprint density at radius 3 is 2.67 bits per heavy atom. The van der Waals surface area contributed by atoms with E-state index in [1.807, 2.05) is 13.0 Å². The predicted octanol–water partition coefficient (Wildman–Crippen LogP) is 1.83. The Morgan fingerprint density at radius 1 is 1.43 bits per heavy atom. The molecule has 7 heteroatoms. The molecule has 0 amide bonds. The van der Waals surface area contributed by atoms with E-state index < -0.39 is 0 Å². The van der Waals surface area contributed by atoms with Crippen molar-refractivity contribution < 1.29 is 19.3 Å². The zero-order valence-electron chi connectivity index (χ0n) is 12.3. The first kappa shape index (κ1) is 15.2. The van der Waals surface area contributed by atoms with Crippen molar-refractivity contribution in [1.82, 2.24) is 4.98 Å². The summed E-state index contributed by atoms with van der Waals surface area (Å²) < 4.78 is 5.05. The van der Waals surface area contributed by atoms with Crippen molar-refractivity contribution in [1.29, 1.82) is 0 Å². The van der Waals surface area contributed by atoms with Gasteiger partial charge in [-0.25, -0.2) is 0 Å². The maximum absolute atomic E-state index is 11.7. The molecule has 0 aliphatic carbocycles. The second kappa shape index (κ2) is 7.01. The summed E-state index contributed by atoms with van der Waals surface area (Å²) in [6, 6.07) is 3.44. The van der Waals surface area contributed by atoms with Crippen molar-refractivity contribution in [3.8, 4) is 0 Å².